The summed E-state index contributed by atoms with van der Waals surface area (Å²) in [4.78, 5) is 19.3. The molecule has 0 saturated carbocycles. The number of anilines is 1. The third-order valence-corrected chi connectivity index (χ3v) is 5.35. The SMILES string of the molecule is CC=Cc1c(C)nc(C)c([C@H](OC(C)(C)C)C(=O)O)c1N1CCC(C)(C)CC1. The number of aromatic nitrogens is 1. The minimum absolute atomic E-state index is 0.308. The highest BCUT2D eigenvalue weighted by atomic mass is 16.5. The van der Waals surface area contributed by atoms with Crippen molar-refractivity contribution in [2.45, 2.75) is 79.9 Å². The molecule has 0 amide bonds. The Morgan fingerprint density at radius 3 is 2.25 bits per heavy atom. The van der Waals surface area contributed by atoms with Crippen LogP contribution in [0.1, 0.15) is 83.0 Å². The molecule has 1 aromatic rings. The topological polar surface area (TPSA) is 62.7 Å². The maximum atomic E-state index is 12.2. The summed E-state index contributed by atoms with van der Waals surface area (Å²) in [6.45, 7) is 17.9. The highest BCUT2D eigenvalue weighted by Gasteiger charge is 2.35. The average molecular weight is 389 g/mol. The Morgan fingerprint density at radius 1 is 1.21 bits per heavy atom. The standard InChI is InChI=1S/C23H36N2O3/c1-9-10-17-15(2)24-16(3)18(20(21(26)27)28-22(4,5)6)19(17)25-13-11-23(7,8)12-14-25/h9-10,20H,11-14H2,1-8H3,(H,26,27)/t20-/m0/s1. The van der Waals surface area contributed by atoms with E-state index in [4.69, 9.17) is 4.74 Å². The molecule has 2 rings (SSSR count). The lowest BCUT2D eigenvalue weighted by molar-refractivity contribution is -0.160. The van der Waals surface area contributed by atoms with Crippen LogP contribution in [0.5, 0.6) is 0 Å². The first kappa shape index (κ1) is 22.4. The van der Waals surface area contributed by atoms with Crippen LogP contribution in [0.3, 0.4) is 0 Å². The number of pyridine rings is 1. The highest BCUT2D eigenvalue weighted by molar-refractivity contribution is 5.82. The molecule has 0 aromatic carbocycles. The first-order valence-electron chi connectivity index (χ1n) is 10.2. The number of rotatable bonds is 5. The van der Waals surface area contributed by atoms with Crippen molar-refractivity contribution in [3.8, 4) is 0 Å². The number of carboxylic acids is 1. The summed E-state index contributed by atoms with van der Waals surface area (Å²) in [5.74, 6) is -0.978. The van der Waals surface area contributed by atoms with Gasteiger partial charge in [-0.3, -0.25) is 4.98 Å². The molecule has 28 heavy (non-hydrogen) atoms. The first-order chi connectivity index (χ1) is 12.9. The van der Waals surface area contributed by atoms with Crippen LogP contribution >= 0.6 is 0 Å². The molecule has 1 aliphatic rings. The van der Waals surface area contributed by atoms with Gasteiger partial charge in [0.2, 0.25) is 0 Å². The molecule has 2 heterocycles. The fourth-order valence-corrected chi connectivity index (χ4v) is 3.80. The van der Waals surface area contributed by atoms with E-state index in [0.717, 1.165) is 48.6 Å². The minimum atomic E-state index is -1.05. The third kappa shape index (κ3) is 5.13. The Hall–Kier alpha value is -1.88. The second-order valence-corrected chi connectivity index (χ2v) is 9.56. The Bertz CT molecular complexity index is 750. The fraction of sp³-hybridized carbons (Fsp3) is 0.652. The number of carbonyl (C=O) groups is 1. The molecular formula is C23H36N2O3. The zero-order chi connectivity index (χ0) is 21.3. The van der Waals surface area contributed by atoms with Gasteiger partial charge in [0.05, 0.1) is 11.3 Å². The van der Waals surface area contributed by atoms with Gasteiger partial charge in [0.15, 0.2) is 6.10 Å². The van der Waals surface area contributed by atoms with E-state index >= 15 is 0 Å². The average Bonchev–Trinajstić information content (AvgIpc) is 2.54. The van der Waals surface area contributed by atoms with Crippen molar-refractivity contribution in [2.75, 3.05) is 18.0 Å². The zero-order valence-corrected chi connectivity index (χ0v) is 18.7. The van der Waals surface area contributed by atoms with E-state index in [1.165, 1.54) is 0 Å². The van der Waals surface area contributed by atoms with Gasteiger partial charge < -0.3 is 14.7 Å². The molecule has 1 atom stereocenters. The van der Waals surface area contributed by atoms with Crippen molar-refractivity contribution in [3.63, 3.8) is 0 Å². The second kappa shape index (κ2) is 8.24. The van der Waals surface area contributed by atoms with Crippen molar-refractivity contribution >= 4 is 17.7 Å². The van der Waals surface area contributed by atoms with Crippen LogP contribution in [0.15, 0.2) is 6.08 Å². The number of piperidine rings is 1. The summed E-state index contributed by atoms with van der Waals surface area (Å²) in [7, 11) is 0. The molecule has 1 N–H and O–H groups in total. The van der Waals surface area contributed by atoms with E-state index < -0.39 is 17.7 Å². The van der Waals surface area contributed by atoms with Crippen molar-refractivity contribution in [3.05, 3.63) is 28.6 Å². The van der Waals surface area contributed by atoms with Gasteiger partial charge in [0.1, 0.15) is 0 Å². The van der Waals surface area contributed by atoms with Gasteiger partial charge in [-0.15, -0.1) is 0 Å². The Kier molecular flexibility index (Phi) is 6.59. The molecule has 0 bridgehead atoms. The molecular weight excluding hydrogens is 352 g/mol. The van der Waals surface area contributed by atoms with Crippen LogP contribution in [0, 0.1) is 19.3 Å². The van der Waals surface area contributed by atoms with E-state index in [2.05, 4.69) is 23.7 Å². The van der Waals surface area contributed by atoms with Gasteiger partial charge in [0.25, 0.3) is 0 Å². The number of allylic oxidation sites excluding steroid dienone is 1. The van der Waals surface area contributed by atoms with Crippen molar-refractivity contribution < 1.29 is 14.6 Å². The molecule has 1 aromatic heterocycles. The van der Waals surface area contributed by atoms with E-state index in [0.29, 0.717) is 11.0 Å². The largest absolute Gasteiger partial charge is 0.479 e. The highest BCUT2D eigenvalue weighted by Crippen LogP contribution is 2.41. The van der Waals surface area contributed by atoms with E-state index in [-0.39, 0.29) is 0 Å². The van der Waals surface area contributed by atoms with Crippen molar-refractivity contribution in [2.24, 2.45) is 5.41 Å². The van der Waals surface area contributed by atoms with E-state index in [1.807, 2.05) is 53.7 Å². The van der Waals surface area contributed by atoms with Crippen LogP contribution in [-0.2, 0) is 9.53 Å². The molecule has 156 valence electrons. The van der Waals surface area contributed by atoms with Gasteiger partial charge in [-0.25, -0.2) is 4.79 Å². The molecule has 5 heteroatoms. The number of hydrogen-bond acceptors (Lipinski definition) is 4. The Labute approximate surface area is 169 Å². The molecule has 0 unspecified atom stereocenters. The summed E-state index contributed by atoms with van der Waals surface area (Å²) in [6.07, 6.45) is 5.11. The Morgan fingerprint density at radius 2 is 1.79 bits per heavy atom. The summed E-state index contributed by atoms with van der Waals surface area (Å²) in [5.41, 5.74) is 4.01. The number of nitrogens with zero attached hydrogens (tertiary/aromatic N) is 2. The van der Waals surface area contributed by atoms with Crippen molar-refractivity contribution in [1.82, 2.24) is 4.98 Å². The van der Waals surface area contributed by atoms with Crippen LogP contribution in [-0.4, -0.2) is 34.8 Å². The van der Waals surface area contributed by atoms with E-state index in [9.17, 15) is 9.90 Å². The predicted octanol–water partition coefficient (Wildman–Crippen LogP) is 5.30. The number of ether oxygens (including phenoxy) is 1. The summed E-state index contributed by atoms with van der Waals surface area (Å²) in [5, 5.41) is 10.0. The van der Waals surface area contributed by atoms with Crippen LogP contribution in [0.25, 0.3) is 6.08 Å². The molecule has 0 aliphatic carbocycles. The van der Waals surface area contributed by atoms with Crippen LogP contribution in [0.4, 0.5) is 5.69 Å². The normalized spacial score (nSPS) is 18.5. The molecule has 1 fully saturated rings. The maximum absolute atomic E-state index is 12.2. The summed E-state index contributed by atoms with van der Waals surface area (Å²) in [6, 6.07) is 0. The van der Waals surface area contributed by atoms with Crippen LogP contribution in [0.2, 0.25) is 0 Å². The van der Waals surface area contributed by atoms with E-state index in [1.54, 1.807) is 0 Å². The van der Waals surface area contributed by atoms with Gasteiger partial charge in [0, 0.05) is 35.6 Å². The number of carboxylic acid groups (broad SMARTS) is 1. The summed E-state index contributed by atoms with van der Waals surface area (Å²) < 4.78 is 6.02. The van der Waals surface area contributed by atoms with Crippen molar-refractivity contribution in [1.29, 1.82) is 0 Å². The number of aliphatic carboxylic acids is 1. The predicted molar refractivity (Wildman–Crippen MR) is 115 cm³/mol. The summed E-state index contributed by atoms with van der Waals surface area (Å²) >= 11 is 0. The molecule has 0 spiro atoms. The van der Waals surface area contributed by atoms with Crippen LogP contribution < -0.4 is 4.90 Å². The van der Waals surface area contributed by atoms with Gasteiger partial charge in [-0.1, -0.05) is 26.0 Å². The molecule has 1 aliphatic heterocycles. The maximum Gasteiger partial charge on any atom is 0.337 e. The molecule has 1 saturated heterocycles. The van der Waals surface area contributed by atoms with Gasteiger partial charge in [-0.05, 0) is 59.8 Å². The smallest absolute Gasteiger partial charge is 0.337 e. The van der Waals surface area contributed by atoms with Gasteiger partial charge in [-0.2, -0.15) is 0 Å². The minimum Gasteiger partial charge on any atom is -0.479 e. The lowest BCUT2D eigenvalue weighted by atomic mass is 9.82. The number of hydrogen-bond donors (Lipinski definition) is 1. The zero-order valence-electron chi connectivity index (χ0n) is 18.7. The number of aryl methyl sites for hydroxylation is 2. The lowest BCUT2D eigenvalue weighted by Gasteiger charge is -2.41. The molecule has 5 nitrogen and oxygen atoms in total. The molecule has 0 radical (unpaired) electrons. The third-order valence-electron chi connectivity index (χ3n) is 5.35. The monoisotopic (exact) mass is 388 g/mol. The van der Waals surface area contributed by atoms with Gasteiger partial charge >= 0.3 is 5.97 Å². The Balaban J connectivity index is 2.69. The quantitative estimate of drug-likeness (QED) is 0.742. The fourth-order valence-electron chi connectivity index (χ4n) is 3.80. The first-order valence-corrected chi connectivity index (χ1v) is 10.2. The lowest BCUT2D eigenvalue weighted by Crippen LogP contribution is -2.39. The second-order valence-electron chi connectivity index (χ2n) is 9.56.